The van der Waals surface area contributed by atoms with E-state index >= 15 is 0 Å². The van der Waals surface area contributed by atoms with Crippen LogP contribution in [0.25, 0.3) is 0 Å². The van der Waals surface area contributed by atoms with Crippen molar-refractivity contribution in [1.82, 2.24) is 0 Å². The summed E-state index contributed by atoms with van der Waals surface area (Å²) in [6.45, 7) is 0. The zero-order chi connectivity index (χ0) is 7.47. The summed E-state index contributed by atoms with van der Waals surface area (Å²) in [5.74, 6) is 2.40. The highest BCUT2D eigenvalue weighted by atomic mass is 16.3. The first-order chi connectivity index (χ1) is 5.23. The van der Waals surface area contributed by atoms with E-state index in [1.165, 1.54) is 12.8 Å². The van der Waals surface area contributed by atoms with Crippen molar-refractivity contribution in [1.29, 1.82) is 0 Å². The molecule has 4 bridgehead atoms. The van der Waals surface area contributed by atoms with Crippen molar-refractivity contribution in [3.8, 4) is 0 Å². The van der Waals surface area contributed by atoms with E-state index in [1.807, 2.05) is 0 Å². The van der Waals surface area contributed by atoms with Gasteiger partial charge in [-0.1, -0.05) is 0 Å². The van der Waals surface area contributed by atoms with E-state index in [0.29, 0.717) is 0 Å². The van der Waals surface area contributed by atoms with Crippen LogP contribution in [0.3, 0.4) is 0 Å². The van der Waals surface area contributed by atoms with E-state index < -0.39 is 0 Å². The molecule has 61 valence electrons. The Morgan fingerprint density at radius 1 is 1.09 bits per heavy atom. The van der Waals surface area contributed by atoms with Gasteiger partial charge < -0.3 is 5.11 Å². The van der Waals surface area contributed by atoms with E-state index in [0.717, 1.165) is 37.0 Å². The minimum atomic E-state index is -0.231. The largest absolute Gasteiger partial charge is 0.390 e. The molecule has 0 aromatic heterocycles. The van der Waals surface area contributed by atoms with Crippen molar-refractivity contribution in [3.05, 3.63) is 6.42 Å². The highest BCUT2D eigenvalue weighted by Gasteiger charge is 2.49. The molecule has 0 aromatic carbocycles. The third kappa shape index (κ3) is 0.868. The van der Waals surface area contributed by atoms with Crippen LogP contribution in [0.4, 0.5) is 0 Å². The highest BCUT2D eigenvalue weighted by molar-refractivity contribution is 5.08. The van der Waals surface area contributed by atoms with Crippen molar-refractivity contribution in [3.63, 3.8) is 0 Å². The summed E-state index contributed by atoms with van der Waals surface area (Å²) >= 11 is 0. The molecule has 1 N–H and O–H groups in total. The van der Waals surface area contributed by atoms with Gasteiger partial charge in [0.25, 0.3) is 0 Å². The highest BCUT2D eigenvalue weighted by Crippen LogP contribution is 2.54. The van der Waals surface area contributed by atoms with Crippen molar-refractivity contribution < 1.29 is 5.11 Å². The Morgan fingerprint density at radius 2 is 1.73 bits per heavy atom. The Kier molecular flexibility index (Phi) is 1.07. The minimum absolute atomic E-state index is 0.231. The topological polar surface area (TPSA) is 20.2 Å². The van der Waals surface area contributed by atoms with Crippen LogP contribution in [-0.2, 0) is 0 Å². The van der Waals surface area contributed by atoms with Gasteiger partial charge in [0.2, 0.25) is 0 Å². The Hall–Kier alpha value is -0.0400. The van der Waals surface area contributed by atoms with Crippen molar-refractivity contribution in [2.24, 2.45) is 17.8 Å². The van der Waals surface area contributed by atoms with E-state index in [2.05, 4.69) is 6.42 Å². The summed E-state index contributed by atoms with van der Waals surface area (Å²) in [5.41, 5.74) is -0.231. The second kappa shape index (κ2) is 1.82. The fourth-order valence-corrected chi connectivity index (χ4v) is 3.73. The normalized spacial score (nSPS) is 60.3. The molecule has 4 saturated carbocycles. The van der Waals surface area contributed by atoms with Gasteiger partial charge in [-0.2, -0.15) is 0 Å². The summed E-state index contributed by atoms with van der Waals surface area (Å²) in [7, 11) is 0. The molecular weight excluding hydrogens is 136 g/mol. The lowest BCUT2D eigenvalue weighted by Crippen LogP contribution is -2.50. The van der Waals surface area contributed by atoms with Gasteiger partial charge in [0.05, 0.1) is 5.60 Å². The fraction of sp³-hybridized carbons (Fsp3) is 0.900. The van der Waals surface area contributed by atoms with Gasteiger partial charge in [0, 0.05) is 0 Å². The van der Waals surface area contributed by atoms with Crippen LogP contribution in [0.2, 0.25) is 0 Å². The summed E-state index contributed by atoms with van der Waals surface area (Å²) < 4.78 is 0. The van der Waals surface area contributed by atoms with Crippen LogP contribution in [0.1, 0.15) is 32.1 Å². The summed E-state index contributed by atoms with van der Waals surface area (Å²) in [5, 5.41) is 10.1. The predicted octanol–water partition coefficient (Wildman–Crippen LogP) is 1.76. The van der Waals surface area contributed by atoms with E-state index in [9.17, 15) is 5.11 Å². The van der Waals surface area contributed by atoms with Crippen molar-refractivity contribution >= 4 is 0 Å². The first kappa shape index (κ1) is 6.47. The molecular formula is C10H15O. The molecule has 4 rings (SSSR count). The second-order valence-corrected chi connectivity index (χ2v) is 4.89. The maximum absolute atomic E-state index is 10.1. The molecule has 1 nitrogen and oxygen atoms in total. The smallest absolute Gasteiger partial charge is 0.0656 e. The summed E-state index contributed by atoms with van der Waals surface area (Å²) in [6, 6.07) is 0. The monoisotopic (exact) mass is 151 g/mol. The summed E-state index contributed by atoms with van der Waals surface area (Å²) in [4.78, 5) is 0. The number of hydrogen-bond acceptors (Lipinski definition) is 1. The Balaban J connectivity index is 1.94. The van der Waals surface area contributed by atoms with Gasteiger partial charge in [-0.3, -0.25) is 0 Å². The van der Waals surface area contributed by atoms with Crippen LogP contribution in [-0.4, -0.2) is 10.7 Å². The lowest BCUT2D eigenvalue weighted by molar-refractivity contribution is -0.102. The van der Waals surface area contributed by atoms with E-state index in [-0.39, 0.29) is 5.60 Å². The second-order valence-electron chi connectivity index (χ2n) is 4.89. The van der Waals surface area contributed by atoms with Crippen LogP contribution >= 0.6 is 0 Å². The zero-order valence-electron chi connectivity index (χ0n) is 6.79. The first-order valence-corrected chi connectivity index (χ1v) is 4.81. The van der Waals surface area contributed by atoms with Gasteiger partial charge in [0.1, 0.15) is 0 Å². The molecule has 0 saturated heterocycles. The van der Waals surface area contributed by atoms with E-state index in [4.69, 9.17) is 0 Å². The van der Waals surface area contributed by atoms with Crippen molar-refractivity contribution in [2.45, 2.75) is 37.7 Å². The van der Waals surface area contributed by atoms with Gasteiger partial charge in [-0.05, 0) is 56.3 Å². The average Bonchev–Trinajstić information content (AvgIpc) is 1.79. The number of hydrogen-bond donors (Lipinski definition) is 1. The molecule has 2 atom stereocenters. The Bertz CT molecular complexity index is 150. The average molecular weight is 151 g/mol. The molecule has 4 aliphatic carbocycles. The molecule has 0 amide bonds. The third-order valence-electron chi connectivity index (χ3n) is 3.77. The third-order valence-corrected chi connectivity index (χ3v) is 3.77. The quantitative estimate of drug-likeness (QED) is 0.559. The molecule has 4 fully saturated rings. The molecule has 0 aromatic rings. The lowest BCUT2D eigenvalue weighted by Gasteiger charge is -2.54. The summed E-state index contributed by atoms with van der Waals surface area (Å²) in [6.07, 6.45) is 8.50. The van der Waals surface area contributed by atoms with E-state index in [1.54, 1.807) is 0 Å². The fourth-order valence-electron chi connectivity index (χ4n) is 3.73. The number of rotatable bonds is 0. The molecule has 11 heavy (non-hydrogen) atoms. The van der Waals surface area contributed by atoms with Gasteiger partial charge in [-0.25, -0.2) is 0 Å². The van der Waals surface area contributed by atoms with Crippen LogP contribution in [0.5, 0.6) is 0 Å². The molecule has 4 aliphatic rings. The maximum Gasteiger partial charge on any atom is 0.0656 e. The Morgan fingerprint density at radius 3 is 2.18 bits per heavy atom. The predicted molar refractivity (Wildman–Crippen MR) is 42.8 cm³/mol. The van der Waals surface area contributed by atoms with Gasteiger partial charge in [-0.15, -0.1) is 0 Å². The standard InChI is InChI=1S/C10H15O/c11-10-4-7-1-8(5-10)3-9(2-7)6-10/h1,7-9,11H,2-6H2. The van der Waals surface area contributed by atoms with Gasteiger partial charge in [0.15, 0.2) is 0 Å². The zero-order valence-corrected chi connectivity index (χ0v) is 6.79. The lowest BCUT2D eigenvalue weighted by atomic mass is 9.54. The minimum Gasteiger partial charge on any atom is -0.390 e. The molecule has 2 unspecified atom stereocenters. The molecule has 1 radical (unpaired) electrons. The van der Waals surface area contributed by atoms with Crippen LogP contribution < -0.4 is 0 Å². The number of aliphatic hydroxyl groups is 1. The Labute approximate surface area is 67.8 Å². The molecule has 0 spiro atoms. The first-order valence-electron chi connectivity index (χ1n) is 4.81. The van der Waals surface area contributed by atoms with Crippen molar-refractivity contribution in [2.75, 3.05) is 0 Å². The molecule has 0 heterocycles. The molecule has 1 heteroatoms. The van der Waals surface area contributed by atoms with Gasteiger partial charge >= 0.3 is 0 Å². The maximum atomic E-state index is 10.1. The molecule has 0 aliphatic heterocycles. The van der Waals surface area contributed by atoms with Crippen LogP contribution in [0, 0.1) is 24.2 Å². The van der Waals surface area contributed by atoms with Crippen LogP contribution in [0.15, 0.2) is 0 Å². The SMILES string of the molecule is OC12CC3[CH]C(CC(C3)C1)C2.